The van der Waals surface area contributed by atoms with Crippen LogP contribution in [-0.2, 0) is 4.79 Å². The Labute approximate surface area is 131 Å². The first-order chi connectivity index (χ1) is 9.88. The van der Waals surface area contributed by atoms with Crippen LogP contribution in [0.4, 0.5) is 5.69 Å². The van der Waals surface area contributed by atoms with Gasteiger partial charge >= 0.3 is 0 Å². The Hall–Kier alpha value is -1.54. The van der Waals surface area contributed by atoms with Gasteiger partial charge in [-0.05, 0) is 55.5 Å². The maximum atomic E-state index is 12.0. The lowest BCUT2D eigenvalue weighted by Crippen LogP contribution is -2.26. The van der Waals surface area contributed by atoms with E-state index >= 15 is 0 Å². The minimum atomic E-state index is -0.105. The van der Waals surface area contributed by atoms with Gasteiger partial charge in [0, 0.05) is 16.6 Å². The number of rotatable bonds is 3. The quantitative estimate of drug-likeness (QED) is 0.602. The number of nitrogens with one attached hydrogen (secondary N) is 1. The number of benzene rings is 1. The second-order valence-corrected chi connectivity index (χ2v) is 6.74. The Morgan fingerprint density at radius 2 is 2.00 bits per heavy atom. The van der Waals surface area contributed by atoms with Gasteiger partial charge in [0.15, 0.2) is 0 Å². The Balaban J connectivity index is 2.03. The summed E-state index contributed by atoms with van der Waals surface area (Å²) >= 11 is 5.83. The summed E-state index contributed by atoms with van der Waals surface area (Å²) in [5.74, 6) is 0.216. The molecule has 112 valence electrons. The lowest BCUT2D eigenvalue weighted by atomic mass is 9.68. The highest BCUT2D eigenvalue weighted by Gasteiger charge is 2.30. The lowest BCUT2D eigenvalue weighted by Gasteiger charge is -2.36. The van der Waals surface area contributed by atoms with Crippen molar-refractivity contribution in [3.8, 4) is 0 Å². The van der Waals surface area contributed by atoms with Crippen LogP contribution < -0.4 is 5.32 Å². The summed E-state index contributed by atoms with van der Waals surface area (Å²) in [6, 6.07) is 7.11. The predicted molar refractivity (Wildman–Crippen MR) is 89.5 cm³/mol. The number of carbonyl (C=O) groups excluding carboxylic acids is 1. The molecule has 1 amide bonds. The fraction of sp³-hybridized carbons (Fsp3) is 0.389. The number of amides is 1. The molecule has 0 saturated carbocycles. The third-order valence-electron chi connectivity index (χ3n) is 4.14. The van der Waals surface area contributed by atoms with Crippen LogP contribution >= 0.6 is 11.6 Å². The SMILES string of the molecule is CC1=CCCC(C)(C)C1/C=C/C(=O)Nc1ccc(Cl)cc1. The molecule has 0 saturated heterocycles. The molecule has 3 heteroatoms. The van der Waals surface area contributed by atoms with Crippen molar-refractivity contribution in [3.63, 3.8) is 0 Å². The maximum absolute atomic E-state index is 12.0. The van der Waals surface area contributed by atoms with E-state index in [1.807, 2.05) is 6.08 Å². The molecule has 1 atom stereocenters. The molecule has 2 rings (SSSR count). The Morgan fingerprint density at radius 3 is 2.62 bits per heavy atom. The molecule has 0 spiro atoms. The normalized spacial score (nSPS) is 21.1. The van der Waals surface area contributed by atoms with Gasteiger partial charge in [0.05, 0.1) is 0 Å². The van der Waals surface area contributed by atoms with Gasteiger partial charge in [0.2, 0.25) is 5.91 Å². The summed E-state index contributed by atoms with van der Waals surface area (Å²) in [7, 11) is 0. The standard InChI is InChI=1S/C18H22ClNO/c1-13-5-4-12-18(2,3)16(13)10-11-17(21)20-15-8-6-14(19)7-9-15/h5-11,16H,4,12H2,1-3H3,(H,20,21)/b11-10+. The van der Waals surface area contributed by atoms with Gasteiger partial charge in [-0.25, -0.2) is 0 Å². The van der Waals surface area contributed by atoms with E-state index in [4.69, 9.17) is 11.6 Å². The first-order valence-corrected chi connectivity index (χ1v) is 7.68. The number of carbonyl (C=O) groups is 1. The molecular formula is C18H22ClNO. The number of halogens is 1. The Morgan fingerprint density at radius 1 is 1.33 bits per heavy atom. The minimum absolute atomic E-state index is 0.105. The molecule has 0 fully saturated rings. The van der Waals surface area contributed by atoms with Gasteiger partial charge in [0.25, 0.3) is 0 Å². The van der Waals surface area contributed by atoms with Crippen molar-refractivity contribution in [2.24, 2.45) is 11.3 Å². The van der Waals surface area contributed by atoms with Crippen molar-refractivity contribution in [2.75, 3.05) is 5.32 Å². The third-order valence-corrected chi connectivity index (χ3v) is 4.39. The molecule has 0 bridgehead atoms. The summed E-state index contributed by atoms with van der Waals surface area (Å²) in [6.07, 6.45) is 8.22. The fourth-order valence-electron chi connectivity index (χ4n) is 2.88. The second-order valence-electron chi connectivity index (χ2n) is 6.31. The largest absolute Gasteiger partial charge is 0.323 e. The zero-order chi connectivity index (χ0) is 15.5. The zero-order valence-corrected chi connectivity index (χ0v) is 13.6. The molecule has 1 aliphatic carbocycles. The van der Waals surface area contributed by atoms with E-state index in [2.05, 4.69) is 32.2 Å². The predicted octanol–water partition coefficient (Wildman–Crippen LogP) is 5.22. The third kappa shape index (κ3) is 4.21. The summed E-state index contributed by atoms with van der Waals surface area (Å²) in [6.45, 7) is 6.66. The van der Waals surface area contributed by atoms with Crippen LogP contribution in [0.3, 0.4) is 0 Å². The number of allylic oxidation sites excluding steroid dienone is 3. The molecule has 0 radical (unpaired) electrons. The molecule has 1 aromatic carbocycles. The van der Waals surface area contributed by atoms with Crippen molar-refractivity contribution in [2.45, 2.75) is 33.6 Å². The highest BCUT2D eigenvalue weighted by atomic mass is 35.5. The first kappa shape index (κ1) is 15.8. The lowest BCUT2D eigenvalue weighted by molar-refractivity contribution is -0.111. The maximum Gasteiger partial charge on any atom is 0.248 e. The zero-order valence-electron chi connectivity index (χ0n) is 12.8. The fourth-order valence-corrected chi connectivity index (χ4v) is 3.01. The molecule has 0 aliphatic heterocycles. The number of hydrogen-bond acceptors (Lipinski definition) is 1. The van der Waals surface area contributed by atoms with E-state index in [1.54, 1.807) is 30.3 Å². The Kier molecular flexibility index (Phi) is 4.89. The van der Waals surface area contributed by atoms with E-state index in [1.165, 1.54) is 5.57 Å². The number of hydrogen-bond donors (Lipinski definition) is 1. The highest BCUT2D eigenvalue weighted by molar-refractivity contribution is 6.30. The summed E-state index contributed by atoms with van der Waals surface area (Å²) < 4.78 is 0. The Bertz CT molecular complexity index is 569. The van der Waals surface area contributed by atoms with Crippen molar-refractivity contribution >= 4 is 23.2 Å². The smallest absolute Gasteiger partial charge is 0.248 e. The van der Waals surface area contributed by atoms with E-state index in [0.717, 1.165) is 18.5 Å². The second kappa shape index (κ2) is 6.48. The van der Waals surface area contributed by atoms with Gasteiger partial charge < -0.3 is 5.32 Å². The van der Waals surface area contributed by atoms with Gasteiger partial charge in [-0.3, -0.25) is 4.79 Å². The van der Waals surface area contributed by atoms with Crippen LogP contribution in [0.5, 0.6) is 0 Å². The molecule has 0 aromatic heterocycles. The van der Waals surface area contributed by atoms with Crippen molar-refractivity contribution in [1.29, 1.82) is 0 Å². The van der Waals surface area contributed by atoms with Crippen LogP contribution in [-0.4, -0.2) is 5.91 Å². The first-order valence-electron chi connectivity index (χ1n) is 7.30. The topological polar surface area (TPSA) is 29.1 Å². The molecule has 1 N–H and O–H groups in total. The van der Waals surface area contributed by atoms with Gasteiger partial charge in [-0.15, -0.1) is 0 Å². The summed E-state index contributed by atoms with van der Waals surface area (Å²) in [5, 5.41) is 3.51. The van der Waals surface area contributed by atoms with Crippen LogP contribution in [0.1, 0.15) is 33.6 Å². The van der Waals surface area contributed by atoms with E-state index < -0.39 is 0 Å². The van der Waals surface area contributed by atoms with E-state index in [0.29, 0.717) is 10.9 Å². The monoisotopic (exact) mass is 303 g/mol. The molecular weight excluding hydrogens is 282 g/mol. The molecule has 1 unspecified atom stereocenters. The van der Waals surface area contributed by atoms with E-state index in [9.17, 15) is 4.79 Å². The van der Waals surface area contributed by atoms with Crippen molar-refractivity contribution in [1.82, 2.24) is 0 Å². The summed E-state index contributed by atoms with van der Waals surface area (Å²) in [5.41, 5.74) is 2.31. The summed E-state index contributed by atoms with van der Waals surface area (Å²) in [4.78, 5) is 12.0. The highest BCUT2D eigenvalue weighted by Crippen LogP contribution is 2.41. The molecule has 1 aromatic rings. The average molecular weight is 304 g/mol. The van der Waals surface area contributed by atoms with Crippen molar-refractivity contribution in [3.05, 3.63) is 53.1 Å². The van der Waals surface area contributed by atoms with Gasteiger partial charge in [0.1, 0.15) is 0 Å². The van der Waals surface area contributed by atoms with E-state index in [-0.39, 0.29) is 11.3 Å². The van der Waals surface area contributed by atoms with Crippen LogP contribution in [0, 0.1) is 11.3 Å². The van der Waals surface area contributed by atoms with Crippen LogP contribution in [0.15, 0.2) is 48.1 Å². The van der Waals surface area contributed by atoms with Gasteiger partial charge in [-0.2, -0.15) is 0 Å². The molecule has 1 aliphatic rings. The van der Waals surface area contributed by atoms with Crippen molar-refractivity contribution < 1.29 is 4.79 Å². The van der Waals surface area contributed by atoms with Gasteiger partial charge in [-0.1, -0.05) is 43.2 Å². The molecule has 0 heterocycles. The number of anilines is 1. The van der Waals surface area contributed by atoms with Crippen LogP contribution in [0.25, 0.3) is 0 Å². The molecule has 21 heavy (non-hydrogen) atoms. The van der Waals surface area contributed by atoms with Crippen LogP contribution in [0.2, 0.25) is 5.02 Å². The minimum Gasteiger partial charge on any atom is -0.323 e. The molecule has 2 nitrogen and oxygen atoms in total. The average Bonchev–Trinajstić information content (AvgIpc) is 2.40.